The first kappa shape index (κ1) is 22.0. The number of amides is 1. The van der Waals surface area contributed by atoms with Gasteiger partial charge in [-0.1, -0.05) is 66.4 Å². The topological polar surface area (TPSA) is 38.8 Å². The molecule has 0 aromatic heterocycles. The molecular weight excluding hydrogens is 445 g/mol. The van der Waals surface area contributed by atoms with E-state index in [0.29, 0.717) is 32.8 Å². The summed E-state index contributed by atoms with van der Waals surface area (Å²) in [6, 6.07) is 21.3. The van der Waals surface area contributed by atoms with Crippen LogP contribution in [0.1, 0.15) is 16.7 Å². The SMILES string of the molecule is COc1ccc(OCc2ccc(F)cc2)c(C=C2SC(=S)N(Cc3ccccc3)C2=O)c1. The van der Waals surface area contributed by atoms with Crippen LogP contribution in [0.4, 0.5) is 4.39 Å². The first-order valence-corrected chi connectivity index (χ1v) is 11.1. The predicted octanol–water partition coefficient (Wildman–Crippen LogP) is 5.81. The summed E-state index contributed by atoms with van der Waals surface area (Å²) in [4.78, 5) is 15.2. The number of carbonyl (C=O) groups is 1. The third-order valence-corrected chi connectivity index (χ3v) is 6.25. The molecule has 1 saturated heterocycles. The molecule has 0 N–H and O–H groups in total. The second-order valence-corrected chi connectivity index (χ2v) is 8.75. The second-order valence-electron chi connectivity index (χ2n) is 7.07. The van der Waals surface area contributed by atoms with Crippen molar-refractivity contribution in [1.82, 2.24) is 4.90 Å². The highest BCUT2D eigenvalue weighted by Gasteiger charge is 2.32. The van der Waals surface area contributed by atoms with E-state index in [1.165, 1.54) is 23.9 Å². The maximum Gasteiger partial charge on any atom is 0.266 e. The van der Waals surface area contributed by atoms with E-state index in [4.69, 9.17) is 21.7 Å². The van der Waals surface area contributed by atoms with Crippen molar-refractivity contribution in [2.24, 2.45) is 0 Å². The lowest BCUT2D eigenvalue weighted by Crippen LogP contribution is -2.27. The molecule has 3 aromatic rings. The fourth-order valence-electron chi connectivity index (χ4n) is 3.18. The molecule has 0 saturated carbocycles. The molecule has 4 rings (SSSR count). The molecule has 1 aliphatic rings. The van der Waals surface area contributed by atoms with Gasteiger partial charge in [-0.25, -0.2) is 4.39 Å². The minimum Gasteiger partial charge on any atom is -0.497 e. The highest BCUT2D eigenvalue weighted by molar-refractivity contribution is 8.26. The lowest BCUT2D eigenvalue weighted by molar-refractivity contribution is -0.122. The third-order valence-electron chi connectivity index (χ3n) is 4.87. The first-order chi connectivity index (χ1) is 15.5. The lowest BCUT2D eigenvalue weighted by atomic mass is 10.1. The Kier molecular flexibility index (Phi) is 6.87. The summed E-state index contributed by atoms with van der Waals surface area (Å²) in [5, 5.41) is 0. The highest BCUT2D eigenvalue weighted by atomic mass is 32.2. The van der Waals surface area contributed by atoms with E-state index in [9.17, 15) is 9.18 Å². The molecule has 1 fully saturated rings. The Morgan fingerprint density at radius 3 is 2.50 bits per heavy atom. The molecule has 0 unspecified atom stereocenters. The Balaban J connectivity index is 1.57. The number of halogens is 1. The van der Waals surface area contributed by atoms with Crippen LogP contribution in [0.5, 0.6) is 11.5 Å². The van der Waals surface area contributed by atoms with Gasteiger partial charge in [-0.2, -0.15) is 0 Å². The summed E-state index contributed by atoms with van der Waals surface area (Å²) in [7, 11) is 1.58. The van der Waals surface area contributed by atoms with Crippen molar-refractivity contribution in [3.8, 4) is 11.5 Å². The van der Waals surface area contributed by atoms with Gasteiger partial charge in [0.05, 0.1) is 18.6 Å². The van der Waals surface area contributed by atoms with Crippen LogP contribution in [-0.4, -0.2) is 22.2 Å². The fourth-order valence-corrected chi connectivity index (χ4v) is 4.43. The maximum atomic E-state index is 13.2. The van der Waals surface area contributed by atoms with Crippen LogP contribution >= 0.6 is 24.0 Å². The van der Waals surface area contributed by atoms with Crippen LogP contribution in [0, 0.1) is 5.82 Å². The van der Waals surface area contributed by atoms with Crippen LogP contribution in [0.2, 0.25) is 0 Å². The normalized spacial score (nSPS) is 14.8. The average molecular weight is 466 g/mol. The van der Waals surface area contributed by atoms with Gasteiger partial charge in [0.2, 0.25) is 0 Å². The first-order valence-electron chi connectivity index (χ1n) is 9.88. The van der Waals surface area contributed by atoms with E-state index in [1.807, 2.05) is 36.4 Å². The Morgan fingerprint density at radius 2 is 1.78 bits per heavy atom. The van der Waals surface area contributed by atoms with Gasteiger partial charge in [-0.3, -0.25) is 9.69 Å². The highest BCUT2D eigenvalue weighted by Crippen LogP contribution is 2.36. The molecule has 0 spiro atoms. The lowest BCUT2D eigenvalue weighted by Gasteiger charge is -2.14. The van der Waals surface area contributed by atoms with E-state index in [2.05, 4.69) is 0 Å². The zero-order chi connectivity index (χ0) is 22.5. The van der Waals surface area contributed by atoms with Crippen molar-refractivity contribution >= 4 is 40.3 Å². The van der Waals surface area contributed by atoms with Gasteiger partial charge < -0.3 is 9.47 Å². The van der Waals surface area contributed by atoms with Gasteiger partial charge in [0.15, 0.2) is 0 Å². The van der Waals surface area contributed by atoms with Gasteiger partial charge in [-0.05, 0) is 47.5 Å². The van der Waals surface area contributed by atoms with E-state index >= 15 is 0 Å². The molecule has 162 valence electrons. The summed E-state index contributed by atoms with van der Waals surface area (Å²) >= 11 is 6.72. The number of ether oxygens (including phenoxy) is 2. The minimum atomic E-state index is -0.295. The number of benzene rings is 3. The third kappa shape index (κ3) is 5.18. The molecule has 32 heavy (non-hydrogen) atoms. The van der Waals surface area contributed by atoms with Crippen molar-refractivity contribution in [3.63, 3.8) is 0 Å². The summed E-state index contributed by atoms with van der Waals surface area (Å²) in [6.07, 6.45) is 1.77. The monoisotopic (exact) mass is 465 g/mol. The van der Waals surface area contributed by atoms with Gasteiger partial charge in [-0.15, -0.1) is 0 Å². The summed E-state index contributed by atoms with van der Waals surface area (Å²) in [6.45, 7) is 0.692. The standard InChI is InChI=1S/C25H20FNO3S2/c1-29-21-11-12-22(30-16-18-7-9-20(26)10-8-18)19(13-21)14-23-24(28)27(25(31)32-23)15-17-5-3-2-4-6-17/h2-14H,15-16H2,1H3. The Labute approximate surface area is 195 Å². The summed E-state index contributed by atoms with van der Waals surface area (Å²) in [5.74, 6) is 0.793. The van der Waals surface area contributed by atoms with Crippen molar-refractivity contribution in [1.29, 1.82) is 0 Å². The van der Waals surface area contributed by atoms with E-state index in [1.54, 1.807) is 42.4 Å². The molecule has 0 bridgehead atoms. The van der Waals surface area contributed by atoms with Crippen LogP contribution < -0.4 is 9.47 Å². The van der Waals surface area contributed by atoms with Gasteiger partial charge >= 0.3 is 0 Å². The molecular formula is C25H20FNO3S2. The summed E-state index contributed by atoms with van der Waals surface area (Å²) in [5.41, 5.74) is 2.55. The minimum absolute atomic E-state index is 0.142. The molecule has 4 nitrogen and oxygen atoms in total. The zero-order valence-electron chi connectivity index (χ0n) is 17.3. The van der Waals surface area contributed by atoms with Gasteiger partial charge in [0.1, 0.15) is 28.2 Å². The molecule has 0 atom stereocenters. The van der Waals surface area contributed by atoms with Crippen molar-refractivity contribution in [3.05, 3.63) is 100 Å². The zero-order valence-corrected chi connectivity index (χ0v) is 18.9. The predicted molar refractivity (Wildman–Crippen MR) is 129 cm³/mol. The molecule has 0 radical (unpaired) electrons. The number of carbonyl (C=O) groups excluding carboxylic acids is 1. The smallest absolute Gasteiger partial charge is 0.266 e. The van der Waals surface area contributed by atoms with Gasteiger partial charge in [0, 0.05) is 5.56 Å². The van der Waals surface area contributed by atoms with Gasteiger partial charge in [0.25, 0.3) is 5.91 Å². The molecule has 1 heterocycles. The molecule has 3 aromatic carbocycles. The molecule has 7 heteroatoms. The number of thioether (sulfide) groups is 1. The van der Waals surface area contributed by atoms with Crippen molar-refractivity contribution in [2.45, 2.75) is 13.2 Å². The summed E-state index contributed by atoms with van der Waals surface area (Å²) < 4.78 is 25.0. The Bertz CT molecular complexity index is 1160. The van der Waals surface area contributed by atoms with Crippen molar-refractivity contribution < 1.29 is 18.7 Å². The quantitative estimate of drug-likeness (QED) is 0.325. The maximum absolute atomic E-state index is 13.2. The molecule has 1 aliphatic heterocycles. The van der Waals surface area contributed by atoms with E-state index < -0.39 is 0 Å². The Morgan fingerprint density at radius 1 is 1.03 bits per heavy atom. The number of methoxy groups -OCH3 is 1. The fraction of sp³-hybridized carbons (Fsp3) is 0.120. The van der Waals surface area contributed by atoms with E-state index in [-0.39, 0.29) is 18.3 Å². The van der Waals surface area contributed by atoms with Crippen LogP contribution in [-0.2, 0) is 17.9 Å². The molecule has 1 amide bonds. The van der Waals surface area contributed by atoms with Crippen LogP contribution in [0.3, 0.4) is 0 Å². The number of nitrogens with zero attached hydrogens (tertiary/aromatic N) is 1. The van der Waals surface area contributed by atoms with E-state index in [0.717, 1.165) is 11.1 Å². The molecule has 0 aliphatic carbocycles. The Hall–Kier alpha value is -3.16. The number of rotatable bonds is 7. The van der Waals surface area contributed by atoms with Crippen LogP contribution in [0.25, 0.3) is 6.08 Å². The number of thiocarbonyl (C=S) groups is 1. The number of hydrogen-bond donors (Lipinski definition) is 0. The van der Waals surface area contributed by atoms with Crippen molar-refractivity contribution in [2.75, 3.05) is 7.11 Å². The second kappa shape index (κ2) is 9.97. The number of hydrogen-bond acceptors (Lipinski definition) is 5. The average Bonchev–Trinajstić information content (AvgIpc) is 3.07. The largest absolute Gasteiger partial charge is 0.497 e. The van der Waals surface area contributed by atoms with Crippen LogP contribution in [0.15, 0.2) is 77.7 Å².